The smallest absolute Gasteiger partial charge is 0.121 e. The number of hydrogen-bond acceptors (Lipinski definition) is 2. The molecule has 0 fully saturated rings. The third-order valence-electron chi connectivity index (χ3n) is 3.43. The summed E-state index contributed by atoms with van der Waals surface area (Å²) >= 11 is 3.53. The van der Waals surface area contributed by atoms with Crippen LogP contribution in [-0.2, 0) is 6.54 Å². The summed E-state index contributed by atoms with van der Waals surface area (Å²) in [7, 11) is 1.70. The number of methoxy groups -OCH3 is 1. The number of ether oxygens (including phenoxy) is 1. The van der Waals surface area contributed by atoms with Crippen LogP contribution in [0.15, 0.2) is 34.8 Å². The van der Waals surface area contributed by atoms with E-state index in [1.807, 2.05) is 6.07 Å². The maximum absolute atomic E-state index is 5.29. The van der Waals surface area contributed by atoms with E-state index in [0.717, 1.165) is 22.3 Å². The van der Waals surface area contributed by atoms with Crippen LogP contribution in [-0.4, -0.2) is 7.11 Å². The first kappa shape index (κ1) is 14.9. The lowest BCUT2D eigenvalue weighted by Crippen LogP contribution is -2.03. The van der Waals surface area contributed by atoms with Crippen LogP contribution in [0.25, 0.3) is 0 Å². The number of benzene rings is 2. The van der Waals surface area contributed by atoms with Gasteiger partial charge in [0.25, 0.3) is 0 Å². The standard InChI is InChI=1S/C17H20BrNO/c1-11-7-14(5-6-16(11)20-4)10-19-17-12(2)8-15(18)9-13(17)3/h5-9,19H,10H2,1-4H3. The van der Waals surface area contributed by atoms with Gasteiger partial charge < -0.3 is 10.1 Å². The highest BCUT2D eigenvalue weighted by atomic mass is 79.9. The van der Waals surface area contributed by atoms with E-state index in [4.69, 9.17) is 4.74 Å². The van der Waals surface area contributed by atoms with Crippen LogP contribution in [0.5, 0.6) is 5.75 Å². The molecule has 20 heavy (non-hydrogen) atoms. The summed E-state index contributed by atoms with van der Waals surface area (Å²) in [5.74, 6) is 0.935. The lowest BCUT2D eigenvalue weighted by atomic mass is 10.1. The molecule has 0 saturated heterocycles. The van der Waals surface area contributed by atoms with Crippen LogP contribution >= 0.6 is 15.9 Å². The van der Waals surface area contributed by atoms with Gasteiger partial charge in [0.2, 0.25) is 0 Å². The maximum Gasteiger partial charge on any atom is 0.121 e. The van der Waals surface area contributed by atoms with Crippen molar-refractivity contribution in [3.63, 3.8) is 0 Å². The average molecular weight is 334 g/mol. The SMILES string of the molecule is COc1ccc(CNc2c(C)cc(Br)cc2C)cc1C. The zero-order valence-electron chi connectivity index (χ0n) is 12.4. The molecule has 0 saturated carbocycles. The fourth-order valence-electron chi connectivity index (χ4n) is 2.43. The minimum atomic E-state index is 0.814. The molecule has 106 valence electrons. The zero-order valence-corrected chi connectivity index (χ0v) is 14.0. The summed E-state index contributed by atoms with van der Waals surface area (Å²) in [4.78, 5) is 0. The largest absolute Gasteiger partial charge is 0.496 e. The van der Waals surface area contributed by atoms with E-state index in [1.165, 1.54) is 22.4 Å². The quantitative estimate of drug-likeness (QED) is 0.850. The van der Waals surface area contributed by atoms with Crippen LogP contribution in [0, 0.1) is 20.8 Å². The molecule has 1 N–H and O–H groups in total. The van der Waals surface area contributed by atoms with E-state index in [0.29, 0.717) is 0 Å². The van der Waals surface area contributed by atoms with Gasteiger partial charge in [0.1, 0.15) is 5.75 Å². The Morgan fingerprint density at radius 1 is 1.00 bits per heavy atom. The number of nitrogens with one attached hydrogen (secondary N) is 1. The van der Waals surface area contributed by atoms with Gasteiger partial charge in [-0.15, -0.1) is 0 Å². The molecule has 0 aliphatic carbocycles. The highest BCUT2D eigenvalue weighted by molar-refractivity contribution is 9.10. The molecule has 0 aliphatic heterocycles. The van der Waals surface area contributed by atoms with Crippen molar-refractivity contribution in [1.82, 2.24) is 0 Å². The molecule has 2 aromatic rings. The number of anilines is 1. The molecule has 2 nitrogen and oxygen atoms in total. The van der Waals surface area contributed by atoms with E-state index in [2.05, 4.69) is 66.3 Å². The summed E-state index contributed by atoms with van der Waals surface area (Å²) in [6.45, 7) is 7.13. The van der Waals surface area contributed by atoms with Crippen LogP contribution in [0.4, 0.5) is 5.69 Å². The van der Waals surface area contributed by atoms with E-state index in [-0.39, 0.29) is 0 Å². The Morgan fingerprint density at radius 3 is 2.20 bits per heavy atom. The second-order valence-electron chi connectivity index (χ2n) is 5.07. The highest BCUT2D eigenvalue weighted by Crippen LogP contribution is 2.26. The van der Waals surface area contributed by atoms with Crippen molar-refractivity contribution < 1.29 is 4.74 Å². The monoisotopic (exact) mass is 333 g/mol. The van der Waals surface area contributed by atoms with Gasteiger partial charge in [0, 0.05) is 16.7 Å². The van der Waals surface area contributed by atoms with Crippen molar-refractivity contribution in [3.8, 4) is 5.75 Å². The van der Waals surface area contributed by atoms with Gasteiger partial charge in [-0.1, -0.05) is 28.1 Å². The molecule has 0 amide bonds. The minimum Gasteiger partial charge on any atom is -0.496 e. The Bertz CT molecular complexity index is 599. The van der Waals surface area contributed by atoms with Gasteiger partial charge in [0.05, 0.1) is 7.11 Å². The molecule has 0 atom stereocenters. The Labute approximate surface area is 129 Å². The van der Waals surface area contributed by atoms with Crippen molar-refractivity contribution in [2.45, 2.75) is 27.3 Å². The molecule has 3 heteroatoms. The molecule has 2 aromatic carbocycles. The molecule has 0 aliphatic rings. The van der Waals surface area contributed by atoms with Crippen molar-refractivity contribution in [2.75, 3.05) is 12.4 Å². The summed E-state index contributed by atoms with van der Waals surface area (Å²) < 4.78 is 6.41. The second-order valence-corrected chi connectivity index (χ2v) is 5.99. The normalized spacial score (nSPS) is 10.4. The average Bonchev–Trinajstić information content (AvgIpc) is 2.37. The van der Waals surface area contributed by atoms with Crippen molar-refractivity contribution in [2.24, 2.45) is 0 Å². The second kappa shape index (κ2) is 6.31. The minimum absolute atomic E-state index is 0.814. The van der Waals surface area contributed by atoms with E-state index < -0.39 is 0 Å². The molecule has 2 rings (SSSR count). The van der Waals surface area contributed by atoms with E-state index >= 15 is 0 Å². The van der Waals surface area contributed by atoms with Gasteiger partial charge in [0.15, 0.2) is 0 Å². The van der Waals surface area contributed by atoms with Gasteiger partial charge in [-0.2, -0.15) is 0 Å². The first-order valence-corrected chi connectivity index (χ1v) is 7.44. The van der Waals surface area contributed by atoms with Gasteiger partial charge in [-0.25, -0.2) is 0 Å². The number of halogens is 1. The Morgan fingerprint density at radius 2 is 1.65 bits per heavy atom. The molecule has 0 spiro atoms. The zero-order chi connectivity index (χ0) is 14.7. The molecular weight excluding hydrogens is 314 g/mol. The van der Waals surface area contributed by atoms with Crippen LogP contribution in [0.3, 0.4) is 0 Å². The third-order valence-corrected chi connectivity index (χ3v) is 3.88. The number of hydrogen-bond donors (Lipinski definition) is 1. The fourth-order valence-corrected chi connectivity index (χ4v) is 3.12. The lowest BCUT2D eigenvalue weighted by molar-refractivity contribution is 0.411. The molecular formula is C17H20BrNO. The summed E-state index contributed by atoms with van der Waals surface area (Å²) in [6, 6.07) is 10.6. The predicted molar refractivity (Wildman–Crippen MR) is 88.7 cm³/mol. The lowest BCUT2D eigenvalue weighted by Gasteiger charge is -2.14. The summed E-state index contributed by atoms with van der Waals surface area (Å²) in [5, 5.41) is 3.53. The van der Waals surface area contributed by atoms with E-state index in [1.54, 1.807) is 7.11 Å². The first-order valence-electron chi connectivity index (χ1n) is 6.65. The molecule has 0 bridgehead atoms. The van der Waals surface area contributed by atoms with Gasteiger partial charge in [-0.05, 0) is 61.2 Å². The van der Waals surface area contributed by atoms with Crippen LogP contribution in [0.2, 0.25) is 0 Å². The predicted octanol–water partition coefficient (Wildman–Crippen LogP) is 5.00. The number of aryl methyl sites for hydroxylation is 3. The summed E-state index contributed by atoms with van der Waals surface area (Å²) in [6.07, 6.45) is 0. The Kier molecular flexibility index (Phi) is 4.71. The topological polar surface area (TPSA) is 21.3 Å². The van der Waals surface area contributed by atoms with Crippen LogP contribution < -0.4 is 10.1 Å². The van der Waals surface area contributed by atoms with Gasteiger partial charge in [-0.3, -0.25) is 0 Å². The highest BCUT2D eigenvalue weighted by Gasteiger charge is 2.05. The molecule has 0 unspecified atom stereocenters. The molecule has 0 aromatic heterocycles. The number of rotatable bonds is 4. The summed E-state index contributed by atoms with van der Waals surface area (Å²) in [5.41, 5.74) is 6.13. The van der Waals surface area contributed by atoms with Gasteiger partial charge >= 0.3 is 0 Å². The maximum atomic E-state index is 5.29. The molecule has 0 radical (unpaired) electrons. The van der Waals surface area contributed by atoms with E-state index in [9.17, 15) is 0 Å². The van der Waals surface area contributed by atoms with Crippen molar-refractivity contribution >= 4 is 21.6 Å². The van der Waals surface area contributed by atoms with Crippen molar-refractivity contribution in [1.29, 1.82) is 0 Å². The first-order chi connectivity index (χ1) is 9.51. The fraction of sp³-hybridized carbons (Fsp3) is 0.294. The van der Waals surface area contributed by atoms with Crippen LogP contribution in [0.1, 0.15) is 22.3 Å². The Hall–Kier alpha value is -1.48. The third kappa shape index (κ3) is 3.34. The Balaban J connectivity index is 2.15. The molecule has 0 heterocycles. The van der Waals surface area contributed by atoms with Crippen molar-refractivity contribution in [3.05, 3.63) is 57.1 Å².